The molecule has 0 atom stereocenters. The van der Waals surface area contributed by atoms with Crippen LogP contribution in [0.1, 0.15) is 18.1 Å². The number of hydrogen-bond donors (Lipinski definition) is 2. The van der Waals surface area contributed by atoms with E-state index in [1.165, 1.54) is 0 Å². The topological polar surface area (TPSA) is 64.3 Å². The van der Waals surface area contributed by atoms with E-state index in [9.17, 15) is 4.79 Å². The van der Waals surface area contributed by atoms with E-state index in [4.69, 9.17) is 10.5 Å². The lowest BCUT2D eigenvalue weighted by Gasteiger charge is -2.05. The van der Waals surface area contributed by atoms with Gasteiger partial charge in [-0.25, -0.2) is 0 Å². The molecule has 0 aliphatic rings. The van der Waals surface area contributed by atoms with Crippen LogP contribution < -0.4 is 11.1 Å². The molecule has 0 spiro atoms. The Hall–Kier alpha value is -1.83. The van der Waals surface area contributed by atoms with Crippen LogP contribution in [0, 0.1) is 11.8 Å². The molecule has 1 rings (SSSR count). The van der Waals surface area contributed by atoms with Crippen molar-refractivity contribution in [2.24, 2.45) is 5.73 Å². The Morgan fingerprint density at radius 2 is 2.11 bits per heavy atom. The molecule has 1 aromatic rings. The Labute approximate surface area is 108 Å². The molecule has 4 nitrogen and oxygen atoms in total. The van der Waals surface area contributed by atoms with Gasteiger partial charge in [0.1, 0.15) is 6.61 Å². The molecule has 1 aromatic carbocycles. The molecule has 0 aliphatic carbocycles. The van der Waals surface area contributed by atoms with E-state index in [1.807, 2.05) is 31.2 Å². The van der Waals surface area contributed by atoms with Gasteiger partial charge in [-0.3, -0.25) is 4.79 Å². The summed E-state index contributed by atoms with van der Waals surface area (Å²) in [5.41, 5.74) is 7.24. The van der Waals surface area contributed by atoms with Crippen LogP contribution in [0.2, 0.25) is 0 Å². The molecule has 96 valence electrons. The molecule has 1 amide bonds. The first-order valence-electron chi connectivity index (χ1n) is 5.88. The highest BCUT2D eigenvalue weighted by Crippen LogP contribution is 2.02. The molecule has 0 saturated heterocycles. The van der Waals surface area contributed by atoms with Gasteiger partial charge in [0.25, 0.3) is 0 Å². The van der Waals surface area contributed by atoms with Crippen LogP contribution in [0.5, 0.6) is 0 Å². The summed E-state index contributed by atoms with van der Waals surface area (Å²) in [7, 11) is 0. The van der Waals surface area contributed by atoms with Crippen LogP contribution in [0.15, 0.2) is 24.3 Å². The zero-order chi connectivity index (χ0) is 13.2. The van der Waals surface area contributed by atoms with Gasteiger partial charge < -0.3 is 15.8 Å². The van der Waals surface area contributed by atoms with Crippen LogP contribution in [0.3, 0.4) is 0 Å². The first-order valence-corrected chi connectivity index (χ1v) is 5.88. The van der Waals surface area contributed by atoms with Gasteiger partial charge in [-0.15, -0.1) is 0 Å². The average Bonchev–Trinajstić information content (AvgIpc) is 2.41. The summed E-state index contributed by atoms with van der Waals surface area (Å²) in [4.78, 5) is 11.3. The summed E-state index contributed by atoms with van der Waals surface area (Å²) in [6.45, 7) is 3.36. The Morgan fingerprint density at radius 1 is 1.39 bits per heavy atom. The van der Waals surface area contributed by atoms with E-state index in [0.717, 1.165) is 11.1 Å². The lowest BCUT2D eigenvalue weighted by atomic mass is 10.1. The maximum atomic E-state index is 11.3. The molecule has 0 heterocycles. The van der Waals surface area contributed by atoms with Crippen molar-refractivity contribution >= 4 is 5.91 Å². The molecule has 0 aliphatic heterocycles. The minimum absolute atomic E-state index is 0.108. The number of benzene rings is 1. The van der Waals surface area contributed by atoms with Crippen molar-refractivity contribution < 1.29 is 9.53 Å². The van der Waals surface area contributed by atoms with Crippen molar-refractivity contribution in [3.63, 3.8) is 0 Å². The fourth-order valence-electron chi connectivity index (χ4n) is 1.31. The summed E-state index contributed by atoms with van der Waals surface area (Å²) in [5, 5.41) is 2.78. The molecule has 18 heavy (non-hydrogen) atoms. The van der Waals surface area contributed by atoms with Crippen molar-refractivity contribution in [3.05, 3.63) is 35.4 Å². The fourth-order valence-corrected chi connectivity index (χ4v) is 1.31. The van der Waals surface area contributed by atoms with Gasteiger partial charge in [-0.2, -0.15) is 0 Å². The van der Waals surface area contributed by atoms with E-state index in [2.05, 4.69) is 17.2 Å². The Balaban J connectivity index is 2.41. The minimum Gasteiger partial charge on any atom is -0.372 e. The Morgan fingerprint density at radius 3 is 2.72 bits per heavy atom. The maximum Gasteiger partial charge on any atom is 0.246 e. The summed E-state index contributed by atoms with van der Waals surface area (Å²) in [6, 6.07) is 7.68. The highest BCUT2D eigenvalue weighted by atomic mass is 16.5. The van der Waals surface area contributed by atoms with E-state index < -0.39 is 0 Å². The van der Waals surface area contributed by atoms with E-state index in [1.54, 1.807) is 0 Å². The van der Waals surface area contributed by atoms with E-state index in [-0.39, 0.29) is 12.5 Å². The van der Waals surface area contributed by atoms with Crippen LogP contribution in [-0.4, -0.2) is 25.7 Å². The van der Waals surface area contributed by atoms with E-state index >= 15 is 0 Å². The monoisotopic (exact) mass is 246 g/mol. The lowest BCUT2D eigenvalue weighted by molar-refractivity contribution is -0.125. The van der Waals surface area contributed by atoms with Gasteiger partial charge in [0.15, 0.2) is 0 Å². The molecule has 3 N–H and O–H groups in total. The average molecular weight is 246 g/mol. The predicted octanol–water partition coefficient (Wildman–Crippen LogP) is 0.649. The first kappa shape index (κ1) is 14.2. The number of nitrogens with one attached hydrogen (secondary N) is 1. The van der Waals surface area contributed by atoms with Gasteiger partial charge in [0, 0.05) is 18.7 Å². The van der Waals surface area contributed by atoms with Crippen molar-refractivity contribution in [1.82, 2.24) is 5.32 Å². The van der Waals surface area contributed by atoms with E-state index in [0.29, 0.717) is 19.7 Å². The smallest absolute Gasteiger partial charge is 0.246 e. The van der Waals surface area contributed by atoms with Crippen LogP contribution >= 0.6 is 0 Å². The van der Waals surface area contributed by atoms with Crippen molar-refractivity contribution in [3.8, 4) is 11.8 Å². The van der Waals surface area contributed by atoms with Crippen LogP contribution in [0.25, 0.3) is 0 Å². The Kier molecular flexibility index (Phi) is 6.55. The highest BCUT2D eigenvalue weighted by Gasteiger charge is 2.00. The molecule has 0 unspecified atom stereocenters. The fraction of sp³-hybridized carbons (Fsp3) is 0.357. The second kappa shape index (κ2) is 8.29. The number of nitrogens with two attached hydrogens (primary N) is 1. The van der Waals surface area contributed by atoms with Crippen molar-refractivity contribution in [1.29, 1.82) is 0 Å². The highest BCUT2D eigenvalue weighted by molar-refractivity contribution is 5.77. The third-order valence-electron chi connectivity index (χ3n) is 2.22. The minimum atomic E-state index is -0.108. The lowest BCUT2D eigenvalue weighted by Crippen LogP contribution is -2.27. The number of rotatable bonds is 5. The second-order valence-electron chi connectivity index (χ2n) is 3.62. The van der Waals surface area contributed by atoms with Crippen LogP contribution in [-0.2, 0) is 16.1 Å². The predicted molar refractivity (Wildman–Crippen MR) is 70.7 cm³/mol. The summed E-state index contributed by atoms with van der Waals surface area (Å²) < 4.78 is 5.00. The number of ether oxygens (including phenoxy) is 1. The normalized spacial score (nSPS) is 9.44. The number of hydrogen-bond acceptors (Lipinski definition) is 3. The molecule has 0 saturated carbocycles. The standard InChI is InChI=1S/C14H18N2O2/c1-2-18-11-14(17)16-10-13-7-5-12(6-8-13)4-3-9-15/h5-8H,2,9-11,15H2,1H3,(H,16,17). The van der Waals surface area contributed by atoms with Crippen LogP contribution in [0.4, 0.5) is 0 Å². The SMILES string of the molecule is CCOCC(=O)NCc1ccc(C#CCN)cc1. The first-order chi connectivity index (χ1) is 8.76. The van der Waals surface area contributed by atoms with Gasteiger partial charge in [0.2, 0.25) is 5.91 Å². The molecule has 4 heteroatoms. The molecule has 0 radical (unpaired) electrons. The second-order valence-corrected chi connectivity index (χ2v) is 3.62. The van der Waals surface area contributed by atoms with Gasteiger partial charge in [-0.05, 0) is 24.6 Å². The van der Waals surface area contributed by atoms with Gasteiger partial charge >= 0.3 is 0 Å². The molecule has 0 aromatic heterocycles. The third kappa shape index (κ3) is 5.48. The summed E-state index contributed by atoms with van der Waals surface area (Å²) in [6.07, 6.45) is 0. The van der Waals surface area contributed by atoms with Crippen molar-refractivity contribution in [2.75, 3.05) is 19.8 Å². The quantitative estimate of drug-likeness (QED) is 0.750. The molecular weight excluding hydrogens is 228 g/mol. The number of carbonyl (C=O) groups excluding carboxylic acids is 1. The van der Waals surface area contributed by atoms with Gasteiger partial charge in [-0.1, -0.05) is 24.0 Å². The number of amides is 1. The maximum absolute atomic E-state index is 11.3. The Bertz CT molecular complexity index is 429. The summed E-state index contributed by atoms with van der Waals surface area (Å²) in [5.74, 6) is 5.62. The molecule has 0 fully saturated rings. The molecular formula is C14H18N2O2. The zero-order valence-electron chi connectivity index (χ0n) is 10.5. The summed E-state index contributed by atoms with van der Waals surface area (Å²) >= 11 is 0. The van der Waals surface area contributed by atoms with Crippen molar-refractivity contribution in [2.45, 2.75) is 13.5 Å². The zero-order valence-corrected chi connectivity index (χ0v) is 10.5. The third-order valence-corrected chi connectivity index (χ3v) is 2.22. The molecule has 0 bridgehead atoms. The van der Waals surface area contributed by atoms with Gasteiger partial charge in [0.05, 0.1) is 6.54 Å². The largest absolute Gasteiger partial charge is 0.372 e. The number of carbonyl (C=O) groups is 1.